The number of aryl methyl sites for hydroxylation is 1. The van der Waals surface area contributed by atoms with E-state index in [2.05, 4.69) is 27.5 Å². The molecule has 1 saturated carbocycles. The number of nitrogens with zero attached hydrogens (tertiary/aromatic N) is 2. The molecule has 2 aliphatic carbocycles. The molecule has 0 radical (unpaired) electrons. The van der Waals surface area contributed by atoms with Crippen LogP contribution in [0, 0.1) is 11.8 Å². The van der Waals surface area contributed by atoms with E-state index in [0.29, 0.717) is 13.1 Å². The van der Waals surface area contributed by atoms with Crippen LogP contribution in [0.5, 0.6) is 0 Å². The van der Waals surface area contributed by atoms with Gasteiger partial charge in [0.05, 0.1) is 5.39 Å². The minimum absolute atomic E-state index is 0.196. The molecule has 2 aromatic heterocycles. The van der Waals surface area contributed by atoms with Gasteiger partial charge in [-0.15, -0.1) is 11.3 Å². The Morgan fingerprint density at radius 2 is 2.17 bits per heavy atom. The molecule has 4 rings (SSSR count). The van der Waals surface area contributed by atoms with E-state index >= 15 is 0 Å². The highest BCUT2D eigenvalue weighted by Crippen LogP contribution is 2.39. The summed E-state index contributed by atoms with van der Waals surface area (Å²) >= 11 is 1.81. The smallest absolute Gasteiger partial charge is 0.223 e. The standard InChI is InChI=1S/C17H22N4OS/c1-10-2-5-12-13(8-10)23-17-14(12)15(20-9-21-17)18-6-7-19-16(22)11-3-4-11/h9-11H,2-8H2,1H3,(H,19,22)(H,18,20,21)/t10-/m0/s1. The number of fused-ring (bicyclic) bond motifs is 3. The Labute approximate surface area is 139 Å². The first-order valence-corrected chi connectivity index (χ1v) is 9.31. The molecule has 122 valence electrons. The van der Waals surface area contributed by atoms with Crippen molar-refractivity contribution in [1.29, 1.82) is 0 Å². The van der Waals surface area contributed by atoms with Crippen molar-refractivity contribution in [1.82, 2.24) is 15.3 Å². The van der Waals surface area contributed by atoms with Crippen LogP contribution in [0.4, 0.5) is 5.82 Å². The zero-order valence-corrected chi connectivity index (χ0v) is 14.2. The van der Waals surface area contributed by atoms with Gasteiger partial charge in [-0.05, 0) is 43.6 Å². The first-order valence-electron chi connectivity index (χ1n) is 8.49. The lowest BCUT2D eigenvalue weighted by Gasteiger charge is -2.18. The van der Waals surface area contributed by atoms with Crippen LogP contribution in [0.2, 0.25) is 0 Å². The zero-order chi connectivity index (χ0) is 15.8. The fourth-order valence-electron chi connectivity index (χ4n) is 3.27. The number of aromatic nitrogens is 2. The predicted octanol–water partition coefficient (Wildman–Crippen LogP) is 2.75. The lowest BCUT2D eigenvalue weighted by atomic mass is 9.89. The van der Waals surface area contributed by atoms with Crippen molar-refractivity contribution in [3.8, 4) is 0 Å². The SMILES string of the molecule is C[C@H]1CCc2c(sc3ncnc(NCCNC(=O)C4CC4)c23)C1. The summed E-state index contributed by atoms with van der Waals surface area (Å²) in [5, 5.41) is 7.58. The van der Waals surface area contributed by atoms with Crippen LogP contribution in [0.3, 0.4) is 0 Å². The fourth-order valence-corrected chi connectivity index (χ4v) is 4.62. The number of thiophene rings is 1. The third kappa shape index (κ3) is 3.04. The first-order chi connectivity index (χ1) is 11.2. The Bertz CT molecular complexity index is 738. The summed E-state index contributed by atoms with van der Waals surface area (Å²) in [4.78, 5) is 23.1. The molecule has 5 nitrogen and oxygen atoms in total. The van der Waals surface area contributed by atoms with E-state index in [0.717, 1.165) is 42.2 Å². The van der Waals surface area contributed by atoms with Gasteiger partial charge in [0, 0.05) is 23.9 Å². The second-order valence-corrected chi connectivity index (χ2v) is 7.83. The monoisotopic (exact) mass is 330 g/mol. The number of hydrogen-bond donors (Lipinski definition) is 2. The Balaban J connectivity index is 1.47. The molecule has 2 heterocycles. The van der Waals surface area contributed by atoms with Crippen LogP contribution < -0.4 is 10.6 Å². The highest BCUT2D eigenvalue weighted by atomic mass is 32.1. The second kappa shape index (κ2) is 6.07. The minimum Gasteiger partial charge on any atom is -0.368 e. The van der Waals surface area contributed by atoms with Gasteiger partial charge in [0.2, 0.25) is 5.91 Å². The first kappa shape index (κ1) is 14.9. The van der Waals surface area contributed by atoms with Crippen molar-refractivity contribution in [3.05, 3.63) is 16.8 Å². The van der Waals surface area contributed by atoms with Crippen molar-refractivity contribution in [2.45, 2.75) is 39.0 Å². The molecule has 2 aromatic rings. The Hall–Kier alpha value is -1.69. The quantitative estimate of drug-likeness (QED) is 0.827. The van der Waals surface area contributed by atoms with Crippen molar-refractivity contribution in [2.24, 2.45) is 11.8 Å². The molecule has 6 heteroatoms. The topological polar surface area (TPSA) is 66.9 Å². The van der Waals surface area contributed by atoms with Crippen LogP contribution in [0.15, 0.2) is 6.33 Å². The largest absolute Gasteiger partial charge is 0.368 e. The summed E-state index contributed by atoms with van der Waals surface area (Å²) in [5.41, 5.74) is 1.44. The highest BCUT2D eigenvalue weighted by molar-refractivity contribution is 7.19. The molecule has 2 N–H and O–H groups in total. The Morgan fingerprint density at radius 1 is 1.30 bits per heavy atom. The number of amides is 1. The predicted molar refractivity (Wildman–Crippen MR) is 92.8 cm³/mol. The van der Waals surface area contributed by atoms with E-state index in [9.17, 15) is 4.79 Å². The van der Waals surface area contributed by atoms with Crippen molar-refractivity contribution < 1.29 is 4.79 Å². The molecular formula is C17H22N4OS. The molecule has 1 atom stereocenters. The molecule has 0 saturated heterocycles. The van der Waals surface area contributed by atoms with Crippen molar-refractivity contribution >= 4 is 33.3 Å². The van der Waals surface area contributed by atoms with E-state index in [-0.39, 0.29) is 11.8 Å². The van der Waals surface area contributed by atoms with Gasteiger partial charge < -0.3 is 10.6 Å². The molecule has 23 heavy (non-hydrogen) atoms. The van der Waals surface area contributed by atoms with E-state index in [4.69, 9.17) is 0 Å². The zero-order valence-electron chi connectivity index (χ0n) is 13.4. The summed E-state index contributed by atoms with van der Waals surface area (Å²) in [6, 6.07) is 0. The van der Waals surface area contributed by atoms with Crippen LogP contribution in [-0.2, 0) is 17.6 Å². The second-order valence-electron chi connectivity index (χ2n) is 6.75. The highest BCUT2D eigenvalue weighted by Gasteiger charge is 2.29. The van der Waals surface area contributed by atoms with Crippen LogP contribution in [0.1, 0.15) is 36.6 Å². The summed E-state index contributed by atoms with van der Waals surface area (Å²) in [6.07, 6.45) is 7.25. The number of carbonyl (C=O) groups is 1. The number of carbonyl (C=O) groups excluding carboxylic acids is 1. The van der Waals surface area contributed by atoms with E-state index in [1.54, 1.807) is 6.33 Å². The lowest BCUT2D eigenvalue weighted by molar-refractivity contribution is -0.122. The Morgan fingerprint density at radius 3 is 3.00 bits per heavy atom. The van der Waals surface area contributed by atoms with Crippen molar-refractivity contribution in [3.63, 3.8) is 0 Å². The number of nitrogens with one attached hydrogen (secondary N) is 2. The fraction of sp³-hybridized carbons (Fsp3) is 0.588. The van der Waals surface area contributed by atoms with Crippen LogP contribution in [0.25, 0.3) is 10.2 Å². The molecule has 0 unspecified atom stereocenters. The Kier molecular flexibility index (Phi) is 3.93. The molecule has 1 fully saturated rings. The molecule has 1 amide bonds. The maximum Gasteiger partial charge on any atom is 0.223 e. The lowest BCUT2D eigenvalue weighted by Crippen LogP contribution is -2.30. The van der Waals surface area contributed by atoms with Crippen LogP contribution in [-0.4, -0.2) is 29.0 Å². The average molecular weight is 330 g/mol. The van der Waals surface area contributed by atoms with Gasteiger partial charge in [-0.25, -0.2) is 9.97 Å². The molecule has 0 aliphatic heterocycles. The van der Waals surface area contributed by atoms with Crippen molar-refractivity contribution in [2.75, 3.05) is 18.4 Å². The number of anilines is 1. The summed E-state index contributed by atoms with van der Waals surface area (Å²) in [5.74, 6) is 2.15. The van der Waals surface area contributed by atoms with E-state index < -0.39 is 0 Å². The van der Waals surface area contributed by atoms with Gasteiger partial charge >= 0.3 is 0 Å². The molecule has 2 aliphatic rings. The van der Waals surface area contributed by atoms with E-state index in [1.165, 1.54) is 22.2 Å². The summed E-state index contributed by atoms with van der Waals surface area (Å²) in [7, 11) is 0. The summed E-state index contributed by atoms with van der Waals surface area (Å²) < 4.78 is 0. The molecule has 0 spiro atoms. The van der Waals surface area contributed by atoms with Crippen LogP contribution >= 0.6 is 11.3 Å². The maximum absolute atomic E-state index is 11.6. The molecular weight excluding hydrogens is 308 g/mol. The van der Waals surface area contributed by atoms with Gasteiger partial charge in [0.15, 0.2) is 0 Å². The van der Waals surface area contributed by atoms with Gasteiger partial charge in [0.1, 0.15) is 17.0 Å². The van der Waals surface area contributed by atoms with Gasteiger partial charge in [-0.3, -0.25) is 4.79 Å². The number of rotatable bonds is 5. The maximum atomic E-state index is 11.6. The van der Waals surface area contributed by atoms with Gasteiger partial charge in [-0.1, -0.05) is 6.92 Å². The third-order valence-corrected chi connectivity index (χ3v) is 5.92. The molecule has 0 bridgehead atoms. The van der Waals surface area contributed by atoms with Gasteiger partial charge in [-0.2, -0.15) is 0 Å². The minimum atomic E-state index is 0.196. The third-order valence-electron chi connectivity index (χ3n) is 4.76. The molecule has 0 aromatic carbocycles. The average Bonchev–Trinajstić information content (AvgIpc) is 3.32. The van der Waals surface area contributed by atoms with E-state index in [1.807, 2.05) is 11.3 Å². The normalized spacial score (nSPS) is 20.3. The number of hydrogen-bond acceptors (Lipinski definition) is 5. The van der Waals surface area contributed by atoms with Gasteiger partial charge in [0.25, 0.3) is 0 Å². The summed E-state index contributed by atoms with van der Waals surface area (Å²) in [6.45, 7) is 3.66.